The van der Waals surface area contributed by atoms with Gasteiger partial charge in [-0.05, 0) is 28.1 Å². The van der Waals surface area contributed by atoms with Gasteiger partial charge in [-0.25, -0.2) is 0 Å². The Morgan fingerprint density at radius 1 is 1.25 bits per heavy atom. The van der Waals surface area contributed by atoms with Crippen molar-refractivity contribution in [1.29, 1.82) is 5.26 Å². The largest absolute Gasteiger partial charge is 0.432 e. The number of halogens is 7. The Balaban J connectivity index is 2.82. The first-order chi connectivity index (χ1) is 11.2. The maximum absolute atomic E-state index is 13.4. The summed E-state index contributed by atoms with van der Waals surface area (Å²) in [6.45, 7) is -0.492. The van der Waals surface area contributed by atoms with E-state index in [1.54, 1.807) is 6.07 Å². The van der Waals surface area contributed by atoms with Gasteiger partial charge in [0.25, 0.3) is 0 Å². The van der Waals surface area contributed by atoms with Crippen LogP contribution in [0.2, 0.25) is 10.0 Å². The molecule has 0 aliphatic heterocycles. The van der Waals surface area contributed by atoms with Gasteiger partial charge in [0.05, 0.1) is 25.8 Å². The highest BCUT2D eigenvalue weighted by atomic mass is 79.9. The molecule has 1 aromatic heterocycles. The molecule has 0 atom stereocenters. The molecule has 0 N–H and O–H groups in total. The van der Waals surface area contributed by atoms with Crippen LogP contribution in [0.15, 0.2) is 22.7 Å². The van der Waals surface area contributed by atoms with E-state index in [2.05, 4.69) is 15.9 Å². The van der Waals surface area contributed by atoms with Gasteiger partial charge in [-0.3, -0.25) is 0 Å². The smallest absolute Gasteiger partial charge is 0.345 e. The van der Waals surface area contributed by atoms with E-state index in [0.29, 0.717) is 0 Å². The molecule has 128 valence electrons. The second-order valence-corrected chi connectivity index (χ2v) is 6.32. The fourth-order valence-corrected chi connectivity index (χ4v) is 3.25. The van der Waals surface area contributed by atoms with Crippen LogP contribution in [-0.2, 0) is 17.6 Å². The number of benzene rings is 1. The number of aromatic nitrogens is 1. The Bertz CT molecular complexity index is 815. The highest BCUT2D eigenvalue weighted by Crippen LogP contribution is 2.43. The van der Waals surface area contributed by atoms with Crippen LogP contribution in [0, 0.1) is 11.3 Å². The van der Waals surface area contributed by atoms with Crippen molar-refractivity contribution in [2.45, 2.75) is 12.9 Å². The molecular weight excluding hydrogens is 455 g/mol. The standard InChI is InChI=1S/C14H7BrCl3F3N2O/c15-11-8(4-22)12(7-1-2-9(17)10(18)3-7)23(6-24-5-16)13(11)14(19,20)21/h1-3H,5-6H2. The molecule has 0 aliphatic carbocycles. The van der Waals surface area contributed by atoms with Crippen molar-refractivity contribution in [3.8, 4) is 17.3 Å². The van der Waals surface area contributed by atoms with Crippen molar-refractivity contribution >= 4 is 50.7 Å². The molecule has 1 heterocycles. The Morgan fingerprint density at radius 2 is 1.92 bits per heavy atom. The van der Waals surface area contributed by atoms with Crippen LogP contribution in [0.25, 0.3) is 11.3 Å². The van der Waals surface area contributed by atoms with Gasteiger partial charge in [-0.15, -0.1) is 0 Å². The highest BCUT2D eigenvalue weighted by Gasteiger charge is 2.40. The summed E-state index contributed by atoms with van der Waals surface area (Å²) in [7, 11) is 0. The SMILES string of the molecule is N#Cc1c(Br)c(C(F)(F)F)n(COCCl)c1-c1ccc(Cl)c(Cl)c1. The Labute approximate surface area is 158 Å². The van der Waals surface area contributed by atoms with Crippen LogP contribution in [0.3, 0.4) is 0 Å². The lowest BCUT2D eigenvalue weighted by Crippen LogP contribution is -2.16. The van der Waals surface area contributed by atoms with Crippen molar-refractivity contribution in [2.24, 2.45) is 0 Å². The van der Waals surface area contributed by atoms with E-state index in [-0.39, 0.29) is 37.4 Å². The van der Waals surface area contributed by atoms with E-state index in [0.717, 1.165) is 4.57 Å². The number of alkyl halides is 4. The number of nitrogens with zero attached hydrogens (tertiary/aromatic N) is 2. The van der Waals surface area contributed by atoms with Crippen molar-refractivity contribution in [1.82, 2.24) is 4.57 Å². The van der Waals surface area contributed by atoms with Crippen molar-refractivity contribution in [2.75, 3.05) is 6.07 Å². The first-order valence-corrected chi connectivity index (χ1v) is 8.29. The zero-order valence-electron chi connectivity index (χ0n) is 11.6. The van der Waals surface area contributed by atoms with Crippen molar-refractivity contribution in [3.63, 3.8) is 0 Å². The summed E-state index contributed by atoms with van der Waals surface area (Å²) in [5.74, 6) is 0. The predicted molar refractivity (Wildman–Crippen MR) is 89.1 cm³/mol. The van der Waals surface area contributed by atoms with Gasteiger partial charge in [0.1, 0.15) is 24.6 Å². The summed E-state index contributed by atoms with van der Waals surface area (Å²) < 4.78 is 45.7. The maximum Gasteiger partial charge on any atom is 0.432 e. The fraction of sp³-hybridized carbons (Fsp3) is 0.214. The Hall–Kier alpha value is -0.910. The summed E-state index contributed by atoms with van der Waals surface area (Å²) in [5, 5.41) is 9.71. The second-order valence-electron chi connectivity index (χ2n) is 4.50. The van der Waals surface area contributed by atoms with Crippen LogP contribution in [0.5, 0.6) is 0 Å². The van der Waals surface area contributed by atoms with E-state index in [9.17, 15) is 18.4 Å². The highest BCUT2D eigenvalue weighted by molar-refractivity contribution is 9.10. The molecule has 2 rings (SSSR count). The van der Waals surface area contributed by atoms with E-state index in [1.807, 2.05) is 0 Å². The third-order valence-electron chi connectivity index (χ3n) is 3.07. The minimum atomic E-state index is -4.71. The van der Waals surface area contributed by atoms with Crippen molar-refractivity contribution < 1.29 is 17.9 Å². The molecule has 2 aromatic rings. The molecule has 24 heavy (non-hydrogen) atoms. The minimum Gasteiger partial charge on any atom is -0.345 e. The quantitative estimate of drug-likeness (QED) is 0.501. The fourth-order valence-electron chi connectivity index (χ4n) is 2.17. The van der Waals surface area contributed by atoms with Crippen molar-refractivity contribution in [3.05, 3.63) is 44.0 Å². The number of hydrogen-bond donors (Lipinski definition) is 0. The van der Waals surface area contributed by atoms with Gasteiger partial charge in [0.2, 0.25) is 0 Å². The minimum absolute atomic E-state index is 0.000355. The van der Waals surface area contributed by atoms with Gasteiger partial charge in [0.15, 0.2) is 0 Å². The third-order valence-corrected chi connectivity index (χ3v) is 4.74. The van der Waals surface area contributed by atoms with Crippen LogP contribution < -0.4 is 0 Å². The summed E-state index contributed by atoms with van der Waals surface area (Å²) in [4.78, 5) is 0. The average Bonchev–Trinajstić information content (AvgIpc) is 2.79. The van der Waals surface area contributed by atoms with E-state index in [4.69, 9.17) is 39.5 Å². The zero-order valence-corrected chi connectivity index (χ0v) is 15.4. The van der Waals surface area contributed by atoms with Crippen LogP contribution in [0.1, 0.15) is 11.3 Å². The van der Waals surface area contributed by atoms with Gasteiger partial charge in [0, 0.05) is 5.56 Å². The Kier molecular flexibility index (Phi) is 6.10. The molecule has 0 fully saturated rings. The van der Waals surface area contributed by atoms with E-state index in [1.165, 1.54) is 18.2 Å². The molecule has 0 bridgehead atoms. The number of rotatable bonds is 4. The molecule has 0 saturated carbocycles. The molecule has 10 heteroatoms. The first kappa shape index (κ1) is 19.4. The molecular formula is C14H7BrCl3F3N2O. The molecule has 0 radical (unpaired) electrons. The monoisotopic (exact) mass is 460 g/mol. The maximum atomic E-state index is 13.4. The first-order valence-electron chi connectivity index (χ1n) is 6.20. The van der Waals surface area contributed by atoms with Crippen LogP contribution >= 0.6 is 50.7 Å². The molecule has 0 aliphatic rings. The third kappa shape index (κ3) is 3.68. The summed E-state index contributed by atoms with van der Waals surface area (Å²) in [6, 6.07) is 5.74. The van der Waals surface area contributed by atoms with Gasteiger partial charge >= 0.3 is 6.18 Å². The Morgan fingerprint density at radius 3 is 2.42 bits per heavy atom. The van der Waals surface area contributed by atoms with Gasteiger partial charge < -0.3 is 9.30 Å². The molecule has 0 spiro atoms. The van der Waals surface area contributed by atoms with Gasteiger partial charge in [-0.1, -0.05) is 40.9 Å². The summed E-state index contributed by atoms with van der Waals surface area (Å²) in [6.07, 6.45) is -4.71. The molecule has 3 nitrogen and oxygen atoms in total. The lowest BCUT2D eigenvalue weighted by atomic mass is 10.1. The second kappa shape index (κ2) is 7.54. The van der Waals surface area contributed by atoms with Crippen LogP contribution in [0.4, 0.5) is 13.2 Å². The molecule has 0 saturated heterocycles. The molecule has 0 unspecified atom stereocenters. The summed E-state index contributed by atoms with van der Waals surface area (Å²) in [5.41, 5.74) is -0.958. The lowest BCUT2D eigenvalue weighted by molar-refractivity contribution is -0.146. The van der Waals surface area contributed by atoms with Gasteiger partial charge in [-0.2, -0.15) is 18.4 Å². The molecule has 0 amide bonds. The molecule has 1 aromatic carbocycles. The zero-order chi connectivity index (χ0) is 18.1. The van der Waals surface area contributed by atoms with E-state index >= 15 is 0 Å². The number of nitriles is 1. The number of ether oxygens (including phenoxy) is 1. The lowest BCUT2D eigenvalue weighted by Gasteiger charge is -2.15. The van der Waals surface area contributed by atoms with Crippen LogP contribution in [-0.4, -0.2) is 10.6 Å². The van der Waals surface area contributed by atoms with E-state index < -0.39 is 18.6 Å². The normalized spacial score (nSPS) is 11.6. The number of hydrogen-bond acceptors (Lipinski definition) is 2. The predicted octanol–water partition coefficient (Wildman–Crippen LogP) is 6.29. The topological polar surface area (TPSA) is 38.0 Å². The average molecular weight is 462 g/mol. The summed E-state index contributed by atoms with van der Waals surface area (Å²) >= 11 is 20.1.